The highest BCUT2D eigenvalue weighted by Gasteiger charge is 2.31. The zero-order chi connectivity index (χ0) is 25.9. The fraction of sp³-hybridized carbons (Fsp3) is 0.222. The number of rotatable bonds is 8. The molecule has 36 heavy (non-hydrogen) atoms. The van der Waals surface area contributed by atoms with Crippen molar-refractivity contribution in [1.82, 2.24) is 14.5 Å². The third-order valence-electron chi connectivity index (χ3n) is 6.03. The van der Waals surface area contributed by atoms with Crippen LogP contribution in [0.4, 0.5) is 4.39 Å². The lowest BCUT2D eigenvalue weighted by Crippen LogP contribution is -2.27. The fourth-order valence-electron chi connectivity index (χ4n) is 4.10. The van der Waals surface area contributed by atoms with Crippen LogP contribution < -0.4 is 5.56 Å². The molecule has 0 saturated heterocycles. The second-order valence-electron chi connectivity index (χ2n) is 8.47. The van der Waals surface area contributed by atoms with Crippen LogP contribution in [-0.4, -0.2) is 28.1 Å². The Morgan fingerprint density at radius 2 is 1.72 bits per heavy atom. The lowest BCUT2D eigenvalue weighted by molar-refractivity contribution is 0.369. The normalized spacial score (nSPS) is 12.4. The maximum Gasteiger partial charge on any atom is 0.296 e. The monoisotopic (exact) mass is 507 g/mol. The van der Waals surface area contributed by atoms with Gasteiger partial charge in [0.05, 0.1) is 17.1 Å². The van der Waals surface area contributed by atoms with Crippen LogP contribution in [-0.2, 0) is 16.3 Å². The van der Waals surface area contributed by atoms with Gasteiger partial charge in [-0.3, -0.25) is 14.3 Å². The lowest BCUT2D eigenvalue weighted by atomic mass is 10.1. The topological polar surface area (TPSA) is 102 Å². The van der Waals surface area contributed by atoms with Crippen LogP contribution in [0.25, 0.3) is 11.1 Å². The number of hydrogen-bond donors (Lipinski definition) is 1. The van der Waals surface area contributed by atoms with Crippen molar-refractivity contribution in [3.8, 4) is 17.0 Å². The van der Waals surface area contributed by atoms with Gasteiger partial charge in [0.2, 0.25) is 15.7 Å². The number of benzene rings is 2. The molecule has 0 saturated carbocycles. The molecule has 4 rings (SSSR count). The molecule has 7 nitrogen and oxygen atoms in total. The van der Waals surface area contributed by atoms with Crippen LogP contribution in [0.2, 0.25) is 0 Å². The minimum Gasteiger partial charge on any atom is -0.493 e. The van der Waals surface area contributed by atoms with Crippen molar-refractivity contribution in [2.45, 2.75) is 48.9 Å². The number of unbranched alkanes of at least 4 members (excludes halogenated alkanes) is 1. The second-order valence-corrected chi connectivity index (χ2v) is 10.4. The Morgan fingerprint density at radius 1 is 1.03 bits per heavy atom. The number of aryl methyl sites for hydroxylation is 1. The number of sulfone groups is 1. The molecule has 0 aliphatic carbocycles. The maximum absolute atomic E-state index is 13.5. The Morgan fingerprint density at radius 3 is 2.36 bits per heavy atom. The van der Waals surface area contributed by atoms with Gasteiger partial charge in [-0.1, -0.05) is 55.8 Å². The summed E-state index contributed by atoms with van der Waals surface area (Å²) in [6.07, 6.45) is 4.50. The molecule has 0 fully saturated rings. The Labute approximate surface area is 208 Å². The summed E-state index contributed by atoms with van der Waals surface area (Å²) in [5, 5.41) is 11.2. The quantitative estimate of drug-likeness (QED) is 0.363. The minimum atomic E-state index is -4.42. The lowest BCUT2D eigenvalue weighted by Gasteiger charge is -2.23. The molecule has 0 radical (unpaired) electrons. The van der Waals surface area contributed by atoms with Gasteiger partial charge in [-0.2, -0.15) is 4.98 Å². The summed E-state index contributed by atoms with van der Waals surface area (Å²) in [5.74, 6) is -0.837. The minimum absolute atomic E-state index is 0.190. The Balaban J connectivity index is 1.83. The van der Waals surface area contributed by atoms with Crippen molar-refractivity contribution in [3.63, 3.8) is 0 Å². The van der Waals surface area contributed by atoms with E-state index in [9.17, 15) is 22.7 Å². The zero-order valence-electron chi connectivity index (χ0n) is 19.9. The summed E-state index contributed by atoms with van der Waals surface area (Å²) in [6, 6.07) is 15.7. The van der Waals surface area contributed by atoms with E-state index < -0.39 is 38.0 Å². The van der Waals surface area contributed by atoms with Crippen molar-refractivity contribution in [2.75, 3.05) is 0 Å². The summed E-state index contributed by atoms with van der Waals surface area (Å²) < 4.78 is 42.0. The SMILES string of the molecule is CCCCc1nc(=O)c(S(=O)(=O)c2ccc(-c3cncc(F)c3)cc2)c(O)n1C(C)c1ccccc1. The number of aromatic hydroxyl groups is 1. The average molecular weight is 508 g/mol. The van der Waals surface area contributed by atoms with Gasteiger partial charge < -0.3 is 5.11 Å². The van der Waals surface area contributed by atoms with Crippen molar-refractivity contribution >= 4 is 9.84 Å². The molecule has 1 atom stereocenters. The van der Waals surface area contributed by atoms with Gasteiger partial charge in [0.1, 0.15) is 11.6 Å². The van der Waals surface area contributed by atoms with Crippen molar-refractivity contribution in [3.05, 3.63) is 101 Å². The molecule has 0 bridgehead atoms. The molecule has 9 heteroatoms. The molecule has 2 aromatic heterocycles. The number of aromatic nitrogens is 3. The van der Waals surface area contributed by atoms with E-state index in [4.69, 9.17) is 0 Å². The van der Waals surface area contributed by atoms with E-state index >= 15 is 0 Å². The average Bonchev–Trinajstić information content (AvgIpc) is 2.87. The summed E-state index contributed by atoms with van der Waals surface area (Å²) in [5.41, 5.74) is 0.844. The molecular formula is C27H26FN3O4S. The van der Waals surface area contributed by atoms with E-state index in [2.05, 4.69) is 9.97 Å². The van der Waals surface area contributed by atoms with Crippen molar-refractivity contribution in [1.29, 1.82) is 0 Å². The summed E-state index contributed by atoms with van der Waals surface area (Å²) in [7, 11) is -4.42. The third kappa shape index (κ3) is 4.92. The van der Waals surface area contributed by atoms with Gasteiger partial charge in [0.15, 0.2) is 4.90 Å². The van der Waals surface area contributed by atoms with Gasteiger partial charge in [-0.05, 0) is 42.7 Å². The van der Waals surface area contributed by atoms with Gasteiger partial charge in [0, 0.05) is 18.2 Å². The molecule has 2 aromatic carbocycles. The molecule has 0 aliphatic rings. The molecule has 4 aromatic rings. The highest BCUT2D eigenvalue weighted by atomic mass is 32.2. The largest absolute Gasteiger partial charge is 0.493 e. The predicted molar refractivity (Wildman–Crippen MR) is 134 cm³/mol. The molecule has 0 aliphatic heterocycles. The Kier molecular flexibility index (Phi) is 7.30. The first kappa shape index (κ1) is 25.2. The number of halogens is 1. The molecule has 186 valence electrons. The van der Waals surface area contributed by atoms with E-state index in [-0.39, 0.29) is 4.90 Å². The molecule has 1 N–H and O–H groups in total. The van der Waals surface area contributed by atoms with E-state index in [1.54, 1.807) is 0 Å². The van der Waals surface area contributed by atoms with Crippen molar-refractivity contribution in [2.24, 2.45) is 0 Å². The molecular weight excluding hydrogens is 481 g/mol. The van der Waals surface area contributed by atoms with Crippen LogP contribution in [0, 0.1) is 5.82 Å². The first-order valence-electron chi connectivity index (χ1n) is 11.6. The number of hydrogen-bond acceptors (Lipinski definition) is 6. The predicted octanol–water partition coefficient (Wildman–Crippen LogP) is 4.93. The number of pyridine rings is 1. The summed E-state index contributed by atoms with van der Waals surface area (Å²) >= 11 is 0. The van der Waals surface area contributed by atoms with E-state index in [1.807, 2.05) is 44.2 Å². The van der Waals surface area contributed by atoms with Crippen molar-refractivity contribution < 1.29 is 17.9 Å². The molecule has 0 spiro atoms. The Hall–Kier alpha value is -3.85. The Bertz CT molecular complexity index is 1540. The standard InChI is InChI=1S/C27H26FN3O4S/c1-3-4-10-24-30-26(32)25(27(33)31(24)18(2)19-8-6-5-7-9-19)36(34,35)23-13-11-20(12-14-23)21-15-22(28)17-29-16-21/h5-9,11-18,33H,3-4,10H2,1-2H3. The molecule has 1 unspecified atom stereocenters. The summed E-state index contributed by atoms with van der Waals surface area (Å²) in [6.45, 7) is 3.81. The van der Waals surface area contributed by atoms with Gasteiger partial charge >= 0.3 is 0 Å². The van der Waals surface area contributed by atoms with Crippen LogP contribution in [0.15, 0.2) is 87.6 Å². The molecule has 2 heterocycles. The second kappa shape index (κ2) is 10.4. The smallest absolute Gasteiger partial charge is 0.296 e. The highest BCUT2D eigenvalue weighted by Crippen LogP contribution is 2.32. The maximum atomic E-state index is 13.5. The van der Waals surface area contributed by atoms with E-state index in [0.29, 0.717) is 23.4 Å². The van der Waals surface area contributed by atoms with Gasteiger partial charge in [-0.25, -0.2) is 12.8 Å². The molecule has 0 amide bonds. The van der Waals surface area contributed by atoms with E-state index in [1.165, 1.54) is 41.1 Å². The fourth-order valence-corrected chi connectivity index (χ4v) is 5.44. The van der Waals surface area contributed by atoms with Gasteiger partial charge in [0.25, 0.3) is 5.56 Å². The zero-order valence-corrected chi connectivity index (χ0v) is 20.7. The first-order valence-corrected chi connectivity index (χ1v) is 13.1. The summed E-state index contributed by atoms with van der Waals surface area (Å²) in [4.78, 5) is 19.9. The first-order chi connectivity index (χ1) is 17.2. The highest BCUT2D eigenvalue weighted by molar-refractivity contribution is 7.91. The van der Waals surface area contributed by atoms with Crippen LogP contribution in [0.5, 0.6) is 5.88 Å². The van der Waals surface area contributed by atoms with Crippen LogP contribution in [0.3, 0.4) is 0 Å². The van der Waals surface area contributed by atoms with E-state index in [0.717, 1.165) is 24.6 Å². The van der Waals surface area contributed by atoms with Crippen LogP contribution >= 0.6 is 0 Å². The van der Waals surface area contributed by atoms with Crippen LogP contribution in [0.1, 0.15) is 44.1 Å². The third-order valence-corrected chi connectivity index (χ3v) is 7.82. The number of nitrogens with zero attached hydrogens (tertiary/aromatic N) is 3. The van der Waals surface area contributed by atoms with Gasteiger partial charge in [-0.15, -0.1) is 0 Å².